The molecule has 2 aromatic carbocycles. The number of fused-ring (bicyclic) bond motifs is 1. The molecule has 1 unspecified atom stereocenters. The Morgan fingerprint density at radius 1 is 1.11 bits per heavy atom. The molecule has 1 aliphatic rings. The van der Waals surface area contributed by atoms with Gasteiger partial charge in [-0.05, 0) is 36.4 Å². The molecule has 0 radical (unpaired) electrons. The van der Waals surface area contributed by atoms with Gasteiger partial charge in [0.2, 0.25) is 5.91 Å². The first kappa shape index (κ1) is 19.4. The van der Waals surface area contributed by atoms with Crippen LogP contribution in [0, 0.1) is 0 Å². The van der Waals surface area contributed by atoms with Crippen molar-refractivity contribution in [3.63, 3.8) is 0 Å². The summed E-state index contributed by atoms with van der Waals surface area (Å²) in [5.41, 5.74) is 1.86. The zero-order valence-corrected chi connectivity index (χ0v) is 16.1. The lowest BCUT2D eigenvalue weighted by atomic mass is 10.2. The highest BCUT2D eigenvalue weighted by atomic mass is 32.2. The summed E-state index contributed by atoms with van der Waals surface area (Å²) in [5.74, 6) is 1.37. The van der Waals surface area contributed by atoms with E-state index in [9.17, 15) is 9.00 Å². The molecule has 7 heteroatoms. The molecular formula is C20H24N2O4S. The molecule has 0 bridgehead atoms. The maximum atomic E-state index is 12.5. The summed E-state index contributed by atoms with van der Waals surface area (Å²) in [6.45, 7) is 4.70. The third-order valence-electron chi connectivity index (χ3n) is 4.08. The molecule has 1 atom stereocenters. The van der Waals surface area contributed by atoms with Gasteiger partial charge >= 0.3 is 0 Å². The second-order valence-electron chi connectivity index (χ2n) is 6.13. The first-order chi connectivity index (χ1) is 13.2. The van der Waals surface area contributed by atoms with Gasteiger partial charge in [-0.25, -0.2) is 0 Å². The first-order valence-corrected chi connectivity index (χ1v) is 10.3. The Hall–Kier alpha value is -2.38. The Bertz CT molecular complexity index is 825. The van der Waals surface area contributed by atoms with Crippen molar-refractivity contribution in [1.29, 1.82) is 0 Å². The van der Waals surface area contributed by atoms with Crippen LogP contribution in [0.1, 0.15) is 18.9 Å². The van der Waals surface area contributed by atoms with Crippen molar-refractivity contribution in [3.05, 3.63) is 48.0 Å². The fourth-order valence-corrected chi connectivity index (χ4v) is 3.79. The minimum atomic E-state index is -1.28. The van der Waals surface area contributed by atoms with Gasteiger partial charge in [0, 0.05) is 35.4 Å². The molecule has 1 heterocycles. The van der Waals surface area contributed by atoms with Crippen molar-refractivity contribution >= 4 is 22.4 Å². The Morgan fingerprint density at radius 3 is 2.74 bits per heavy atom. The highest BCUT2D eigenvalue weighted by Gasteiger charge is 2.15. The monoisotopic (exact) mass is 388 g/mol. The van der Waals surface area contributed by atoms with Gasteiger partial charge in [0.1, 0.15) is 13.2 Å². The fraction of sp³-hybridized carbons (Fsp3) is 0.350. The van der Waals surface area contributed by atoms with Gasteiger partial charge in [-0.3, -0.25) is 9.00 Å². The topological polar surface area (TPSA) is 76.7 Å². The third-order valence-corrected chi connectivity index (χ3v) is 5.44. The molecule has 1 amide bonds. The standard InChI is InChI=1S/C20H24N2O4S/c1-2-21-14-15-4-3-5-16(12-15)22-20(23)8-11-27(24)17-6-7-18-19(13-17)26-10-9-25-18/h3-7,12-13,21H,2,8-11,14H2,1H3,(H,22,23). The zero-order valence-electron chi connectivity index (χ0n) is 15.3. The molecule has 0 aliphatic carbocycles. The molecule has 2 aromatic rings. The van der Waals surface area contributed by atoms with Crippen molar-refractivity contribution in [3.8, 4) is 11.5 Å². The number of rotatable bonds is 8. The predicted molar refractivity (Wildman–Crippen MR) is 106 cm³/mol. The average Bonchev–Trinajstić information content (AvgIpc) is 2.70. The highest BCUT2D eigenvalue weighted by Crippen LogP contribution is 2.31. The first-order valence-electron chi connectivity index (χ1n) is 9.03. The van der Waals surface area contributed by atoms with Gasteiger partial charge in [-0.15, -0.1) is 0 Å². The predicted octanol–water partition coefficient (Wildman–Crippen LogP) is 2.70. The van der Waals surface area contributed by atoms with Crippen LogP contribution >= 0.6 is 0 Å². The number of carbonyl (C=O) groups is 1. The van der Waals surface area contributed by atoms with Crippen LogP contribution in [0.25, 0.3) is 0 Å². The Labute approximate surface area is 161 Å². The Morgan fingerprint density at radius 2 is 1.93 bits per heavy atom. The fourth-order valence-electron chi connectivity index (χ4n) is 2.72. The van der Waals surface area contributed by atoms with Gasteiger partial charge < -0.3 is 20.1 Å². The van der Waals surface area contributed by atoms with E-state index in [0.29, 0.717) is 29.6 Å². The molecule has 144 valence electrons. The molecule has 0 aromatic heterocycles. The van der Waals surface area contributed by atoms with E-state index >= 15 is 0 Å². The average molecular weight is 388 g/mol. The summed E-state index contributed by atoms with van der Waals surface area (Å²) in [6, 6.07) is 13.0. The van der Waals surface area contributed by atoms with Crippen LogP contribution in [0.4, 0.5) is 5.69 Å². The van der Waals surface area contributed by atoms with Crippen LogP contribution in [0.2, 0.25) is 0 Å². The van der Waals surface area contributed by atoms with E-state index in [1.807, 2.05) is 31.2 Å². The number of nitrogens with one attached hydrogen (secondary N) is 2. The van der Waals surface area contributed by atoms with Gasteiger partial charge in [-0.2, -0.15) is 0 Å². The molecule has 27 heavy (non-hydrogen) atoms. The minimum Gasteiger partial charge on any atom is -0.486 e. The summed E-state index contributed by atoms with van der Waals surface area (Å²) in [4.78, 5) is 12.8. The molecule has 1 aliphatic heterocycles. The van der Waals surface area contributed by atoms with E-state index < -0.39 is 10.8 Å². The largest absolute Gasteiger partial charge is 0.486 e. The molecule has 0 saturated heterocycles. The minimum absolute atomic E-state index is 0.151. The third kappa shape index (κ3) is 5.55. The number of ether oxygens (including phenoxy) is 2. The van der Waals surface area contributed by atoms with E-state index in [4.69, 9.17) is 9.47 Å². The lowest BCUT2D eigenvalue weighted by Crippen LogP contribution is -2.17. The summed E-state index contributed by atoms with van der Waals surface area (Å²) >= 11 is 0. The molecule has 6 nitrogen and oxygen atoms in total. The molecule has 2 N–H and O–H groups in total. The van der Waals surface area contributed by atoms with Crippen LogP contribution in [0.3, 0.4) is 0 Å². The van der Waals surface area contributed by atoms with E-state index in [0.717, 1.165) is 24.3 Å². The van der Waals surface area contributed by atoms with Gasteiger partial charge in [0.25, 0.3) is 0 Å². The molecular weight excluding hydrogens is 364 g/mol. The normalized spacial score (nSPS) is 13.8. The Kier molecular flexibility index (Phi) is 6.84. The number of amides is 1. The lowest BCUT2D eigenvalue weighted by Gasteiger charge is -2.18. The number of hydrogen-bond acceptors (Lipinski definition) is 5. The smallest absolute Gasteiger partial charge is 0.225 e. The van der Waals surface area contributed by atoms with Crippen molar-refractivity contribution in [2.75, 3.05) is 30.8 Å². The molecule has 0 saturated carbocycles. The van der Waals surface area contributed by atoms with E-state index in [2.05, 4.69) is 10.6 Å². The van der Waals surface area contributed by atoms with Crippen molar-refractivity contribution in [1.82, 2.24) is 5.32 Å². The van der Waals surface area contributed by atoms with Gasteiger partial charge in [0.15, 0.2) is 11.5 Å². The maximum absolute atomic E-state index is 12.5. The number of anilines is 1. The lowest BCUT2D eigenvalue weighted by molar-refractivity contribution is -0.115. The van der Waals surface area contributed by atoms with E-state index in [1.54, 1.807) is 18.2 Å². The second-order valence-corrected chi connectivity index (χ2v) is 7.70. The Balaban J connectivity index is 1.52. The van der Waals surface area contributed by atoms with Crippen molar-refractivity contribution in [2.24, 2.45) is 0 Å². The van der Waals surface area contributed by atoms with Gasteiger partial charge in [-0.1, -0.05) is 19.1 Å². The second kappa shape index (κ2) is 9.53. The van der Waals surface area contributed by atoms with Crippen LogP contribution in [0.15, 0.2) is 47.4 Å². The number of hydrogen-bond donors (Lipinski definition) is 2. The van der Waals surface area contributed by atoms with Crippen LogP contribution in [-0.2, 0) is 22.1 Å². The summed E-state index contributed by atoms with van der Waals surface area (Å²) in [5, 5.41) is 6.12. The SMILES string of the molecule is CCNCc1cccc(NC(=O)CCS(=O)c2ccc3c(c2)OCCO3)c1. The van der Waals surface area contributed by atoms with Crippen LogP contribution in [-0.4, -0.2) is 35.6 Å². The summed E-state index contributed by atoms with van der Waals surface area (Å²) in [7, 11) is -1.28. The van der Waals surface area contributed by atoms with Gasteiger partial charge in [0.05, 0.1) is 10.8 Å². The van der Waals surface area contributed by atoms with E-state index in [-0.39, 0.29) is 18.1 Å². The van der Waals surface area contributed by atoms with Crippen LogP contribution < -0.4 is 20.1 Å². The highest BCUT2D eigenvalue weighted by molar-refractivity contribution is 7.85. The number of benzene rings is 2. The molecule has 3 rings (SSSR count). The zero-order chi connectivity index (χ0) is 19.1. The van der Waals surface area contributed by atoms with E-state index in [1.165, 1.54) is 0 Å². The maximum Gasteiger partial charge on any atom is 0.225 e. The van der Waals surface area contributed by atoms with Crippen molar-refractivity contribution < 1.29 is 18.5 Å². The van der Waals surface area contributed by atoms with Crippen LogP contribution in [0.5, 0.6) is 11.5 Å². The summed E-state index contributed by atoms with van der Waals surface area (Å²) in [6.07, 6.45) is 0.179. The summed E-state index contributed by atoms with van der Waals surface area (Å²) < 4.78 is 23.5. The molecule has 0 spiro atoms. The van der Waals surface area contributed by atoms with Crippen molar-refractivity contribution in [2.45, 2.75) is 24.8 Å². The molecule has 0 fully saturated rings. The number of carbonyl (C=O) groups excluding carboxylic acids is 1. The quantitative estimate of drug-likeness (QED) is 0.727.